The summed E-state index contributed by atoms with van der Waals surface area (Å²) < 4.78 is 4.38. The molecule has 0 N–H and O–H groups in total. The minimum absolute atomic E-state index is 0.163. The van der Waals surface area contributed by atoms with Crippen LogP contribution in [0.4, 0.5) is 5.69 Å². The van der Waals surface area contributed by atoms with E-state index in [4.69, 9.17) is 11.6 Å². The number of aromatic nitrogens is 1. The zero-order chi connectivity index (χ0) is 10.6. The molecule has 0 aliphatic carbocycles. The monoisotopic (exact) mass is 216 g/mol. The number of hydrogen-bond acceptors (Lipinski definition) is 5. The van der Waals surface area contributed by atoms with Crippen molar-refractivity contribution >= 4 is 23.8 Å². The lowest BCUT2D eigenvalue weighted by atomic mass is 10.3. The molecule has 0 spiro atoms. The Morgan fingerprint density at radius 1 is 1.64 bits per heavy atom. The summed E-state index contributed by atoms with van der Waals surface area (Å²) in [4.78, 5) is 23.3. The molecule has 0 radical (unpaired) electrons. The third-order valence-electron chi connectivity index (χ3n) is 1.39. The van der Waals surface area contributed by atoms with Gasteiger partial charge in [-0.25, -0.2) is 0 Å². The van der Waals surface area contributed by atoms with Crippen LogP contribution in [-0.2, 0) is 9.53 Å². The number of carbonyl (C=O) groups excluding carboxylic acids is 1. The fraction of sp³-hybridized carbons (Fsp3) is 0.143. The summed E-state index contributed by atoms with van der Waals surface area (Å²) >= 11 is 5.57. The minimum atomic E-state index is -1.06. The van der Waals surface area contributed by atoms with Crippen LogP contribution in [0.25, 0.3) is 0 Å². The van der Waals surface area contributed by atoms with Crippen molar-refractivity contribution in [3.63, 3.8) is 0 Å². The first-order chi connectivity index (χ1) is 6.65. The highest BCUT2D eigenvalue weighted by molar-refractivity contribution is 6.20. The van der Waals surface area contributed by atoms with Crippen molar-refractivity contribution < 1.29 is 14.5 Å². The van der Waals surface area contributed by atoms with Gasteiger partial charge in [-0.1, -0.05) is 11.6 Å². The maximum Gasteiger partial charge on any atom is 0.294 e. The fourth-order valence-electron chi connectivity index (χ4n) is 0.796. The van der Waals surface area contributed by atoms with Gasteiger partial charge in [-0.05, 0) is 0 Å². The second kappa shape index (κ2) is 4.52. The maximum atomic E-state index is 10.3. The first-order valence-corrected chi connectivity index (χ1v) is 3.91. The zero-order valence-corrected chi connectivity index (χ0v) is 7.55. The van der Waals surface area contributed by atoms with Crippen molar-refractivity contribution in [2.24, 2.45) is 0 Å². The molecule has 0 aromatic carbocycles. The van der Waals surface area contributed by atoms with Crippen molar-refractivity contribution in [1.82, 2.24) is 4.98 Å². The number of hydrogen-bond donors (Lipinski definition) is 0. The predicted molar refractivity (Wildman–Crippen MR) is 46.6 cm³/mol. The van der Waals surface area contributed by atoms with Gasteiger partial charge >= 0.3 is 0 Å². The van der Waals surface area contributed by atoms with E-state index in [1.807, 2.05) is 0 Å². The van der Waals surface area contributed by atoms with Gasteiger partial charge in [-0.2, -0.15) is 0 Å². The largest absolute Gasteiger partial charge is 0.444 e. The predicted octanol–water partition coefficient (Wildman–Crippen LogP) is 1.40. The second-order valence-electron chi connectivity index (χ2n) is 2.28. The molecule has 0 aliphatic heterocycles. The van der Waals surface area contributed by atoms with Gasteiger partial charge in [0.05, 0.1) is 4.92 Å². The molecule has 0 saturated carbocycles. The summed E-state index contributed by atoms with van der Waals surface area (Å²) in [6.45, 7) is 0.163. The van der Waals surface area contributed by atoms with E-state index >= 15 is 0 Å². The van der Waals surface area contributed by atoms with Crippen LogP contribution >= 0.6 is 11.6 Å². The van der Waals surface area contributed by atoms with Gasteiger partial charge in [0.2, 0.25) is 5.56 Å². The molecule has 1 aromatic rings. The summed E-state index contributed by atoms with van der Waals surface area (Å²) in [5.74, 6) is 0. The van der Waals surface area contributed by atoms with Gasteiger partial charge in [0.25, 0.3) is 12.2 Å². The number of nitro groups is 1. The molecule has 1 aromatic heterocycles. The average molecular weight is 217 g/mol. The van der Waals surface area contributed by atoms with Gasteiger partial charge in [-0.15, -0.1) is 0 Å². The SMILES string of the molecule is O=COC(Cl)c1cncc([N+](=O)[O-])c1. The molecule has 7 heteroatoms. The summed E-state index contributed by atoms with van der Waals surface area (Å²) in [7, 11) is 0. The number of nitrogens with zero attached hydrogens (tertiary/aromatic N) is 2. The van der Waals surface area contributed by atoms with Gasteiger partial charge in [-0.3, -0.25) is 19.9 Å². The summed E-state index contributed by atoms with van der Waals surface area (Å²) in [6.07, 6.45) is 2.36. The molecule has 0 fully saturated rings. The smallest absolute Gasteiger partial charge is 0.294 e. The first kappa shape index (κ1) is 10.4. The van der Waals surface area contributed by atoms with E-state index in [-0.39, 0.29) is 17.7 Å². The second-order valence-corrected chi connectivity index (χ2v) is 2.68. The maximum absolute atomic E-state index is 10.3. The molecule has 1 heterocycles. The lowest BCUT2D eigenvalue weighted by molar-refractivity contribution is -0.385. The molecule has 1 atom stereocenters. The summed E-state index contributed by atoms with van der Waals surface area (Å²) in [5.41, 5.74) is -1.00. The number of rotatable bonds is 4. The van der Waals surface area contributed by atoms with Crippen LogP contribution in [-0.4, -0.2) is 16.4 Å². The van der Waals surface area contributed by atoms with Crippen LogP contribution in [0.5, 0.6) is 0 Å². The Morgan fingerprint density at radius 2 is 2.36 bits per heavy atom. The average Bonchev–Trinajstić information content (AvgIpc) is 2.18. The number of carbonyl (C=O) groups is 1. The van der Waals surface area contributed by atoms with Gasteiger partial charge in [0, 0.05) is 17.8 Å². The quantitative estimate of drug-likeness (QED) is 0.329. The number of halogens is 1. The third-order valence-corrected chi connectivity index (χ3v) is 1.75. The molecular weight excluding hydrogens is 212 g/mol. The highest BCUT2D eigenvalue weighted by Gasteiger charge is 2.13. The minimum Gasteiger partial charge on any atom is -0.444 e. The molecule has 0 amide bonds. The van der Waals surface area contributed by atoms with E-state index in [1.165, 1.54) is 12.3 Å². The van der Waals surface area contributed by atoms with E-state index in [1.54, 1.807) is 0 Å². The van der Waals surface area contributed by atoms with Crippen LogP contribution in [0.2, 0.25) is 0 Å². The molecule has 74 valence electrons. The van der Waals surface area contributed by atoms with Crippen LogP contribution < -0.4 is 0 Å². The lowest BCUT2D eigenvalue weighted by Gasteiger charge is -2.05. The van der Waals surface area contributed by atoms with E-state index in [9.17, 15) is 14.9 Å². The van der Waals surface area contributed by atoms with E-state index < -0.39 is 10.5 Å². The normalized spacial score (nSPS) is 11.8. The molecule has 14 heavy (non-hydrogen) atoms. The van der Waals surface area contributed by atoms with Crippen LogP contribution in [0.15, 0.2) is 18.5 Å². The van der Waals surface area contributed by atoms with E-state index in [0.29, 0.717) is 0 Å². The molecule has 0 aliphatic rings. The Balaban J connectivity index is 2.93. The highest BCUT2D eigenvalue weighted by atomic mass is 35.5. The van der Waals surface area contributed by atoms with Gasteiger partial charge in [0.1, 0.15) is 6.20 Å². The van der Waals surface area contributed by atoms with Gasteiger partial charge in [0.15, 0.2) is 0 Å². The molecule has 1 unspecified atom stereocenters. The van der Waals surface area contributed by atoms with Crippen LogP contribution in [0.3, 0.4) is 0 Å². The van der Waals surface area contributed by atoms with E-state index in [2.05, 4.69) is 9.72 Å². The van der Waals surface area contributed by atoms with Gasteiger partial charge < -0.3 is 4.74 Å². The fourth-order valence-corrected chi connectivity index (χ4v) is 0.958. The highest BCUT2D eigenvalue weighted by Crippen LogP contribution is 2.23. The van der Waals surface area contributed by atoms with Crippen molar-refractivity contribution in [3.8, 4) is 0 Å². The molecule has 0 saturated heterocycles. The lowest BCUT2D eigenvalue weighted by Crippen LogP contribution is -1.98. The molecule has 1 rings (SSSR count). The van der Waals surface area contributed by atoms with Crippen molar-refractivity contribution in [1.29, 1.82) is 0 Å². The third kappa shape index (κ3) is 2.40. The Labute approximate surface area is 83.6 Å². The first-order valence-electron chi connectivity index (χ1n) is 3.47. The Hall–Kier alpha value is -1.69. The number of ether oxygens (including phenoxy) is 1. The zero-order valence-electron chi connectivity index (χ0n) is 6.79. The Morgan fingerprint density at radius 3 is 2.93 bits per heavy atom. The van der Waals surface area contributed by atoms with E-state index in [0.717, 1.165) is 6.20 Å². The van der Waals surface area contributed by atoms with Crippen LogP contribution in [0.1, 0.15) is 11.1 Å². The van der Waals surface area contributed by atoms with Crippen LogP contribution in [0, 0.1) is 10.1 Å². The number of alkyl halides is 1. The summed E-state index contributed by atoms with van der Waals surface area (Å²) in [6, 6.07) is 1.19. The Bertz CT molecular complexity index is 357. The van der Waals surface area contributed by atoms with Crippen molar-refractivity contribution in [2.75, 3.05) is 0 Å². The summed E-state index contributed by atoms with van der Waals surface area (Å²) in [5, 5.41) is 10.3. The van der Waals surface area contributed by atoms with Crippen molar-refractivity contribution in [3.05, 3.63) is 34.1 Å². The number of pyridine rings is 1. The molecular formula is C7H5ClN2O4. The topological polar surface area (TPSA) is 82.3 Å². The Kier molecular flexibility index (Phi) is 3.35. The standard InChI is InChI=1S/C7H5ClN2O4/c8-7(14-4-11)5-1-6(10(12)13)3-9-2-5/h1-4,7H. The van der Waals surface area contributed by atoms with Crippen molar-refractivity contribution in [2.45, 2.75) is 5.56 Å². The molecule has 0 bridgehead atoms. The molecule has 6 nitrogen and oxygen atoms in total.